The molecule has 1 aromatic rings. The minimum atomic E-state index is -3.77. The zero-order chi connectivity index (χ0) is 14.6. The van der Waals surface area contributed by atoms with E-state index in [0.29, 0.717) is 12.8 Å². The Hall–Kier alpha value is -1.18. The Balaban J connectivity index is 3.10. The first-order chi connectivity index (χ1) is 8.81. The average molecular weight is 290 g/mol. The van der Waals surface area contributed by atoms with E-state index < -0.39 is 15.8 Å². The molecule has 0 aliphatic rings. The summed E-state index contributed by atoms with van der Waals surface area (Å²) in [7, 11) is -3.77. The summed E-state index contributed by atoms with van der Waals surface area (Å²) in [6, 6.07) is 1.84. The van der Waals surface area contributed by atoms with Gasteiger partial charge in [-0.05, 0) is 37.5 Å². The van der Waals surface area contributed by atoms with Crippen molar-refractivity contribution < 1.29 is 17.9 Å². The molecule has 108 valence electrons. The van der Waals surface area contributed by atoms with Crippen LogP contribution in [0, 0.1) is 12.7 Å². The Morgan fingerprint density at radius 2 is 2.11 bits per heavy atom. The number of nitrogens with one attached hydrogen (secondary N) is 1. The molecule has 0 heterocycles. The Labute approximate surface area is 112 Å². The molecule has 7 heteroatoms. The van der Waals surface area contributed by atoms with E-state index in [1.807, 2.05) is 6.92 Å². The molecule has 0 saturated carbocycles. The molecule has 1 aromatic carbocycles. The molecular formula is C12H19FN2O3S. The molecule has 1 rings (SSSR count). The molecule has 1 unspecified atom stereocenters. The first-order valence-electron chi connectivity index (χ1n) is 6.00. The molecule has 0 saturated heterocycles. The zero-order valence-corrected chi connectivity index (χ0v) is 11.8. The van der Waals surface area contributed by atoms with Crippen LogP contribution in [0.4, 0.5) is 10.1 Å². The molecule has 1 atom stereocenters. The van der Waals surface area contributed by atoms with E-state index in [1.165, 1.54) is 6.92 Å². The lowest BCUT2D eigenvalue weighted by atomic mass is 10.2. The Kier molecular flexibility index (Phi) is 5.28. The number of benzene rings is 1. The van der Waals surface area contributed by atoms with Gasteiger partial charge in [0.1, 0.15) is 5.82 Å². The Bertz CT molecular complexity index is 546. The number of aliphatic hydroxyl groups is 1. The fourth-order valence-electron chi connectivity index (χ4n) is 1.74. The van der Waals surface area contributed by atoms with Gasteiger partial charge in [-0.1, -0.05) is 6.92 Å². The first-order valence-corrected chi connectivity index (χ1v) is 7.49. The molecule has 0 radical (unpaired) electrons. The average Bonchev–Trinajstić information content (AvgIpc) is 2.32. The second-order valence-electron chi connectivity index (χ2n) is 4.38. The maximum Gasteiger partial charge on any atom is 0.241 e. The second-order valence-corrected chi connectivity index (χ2v) is 6.06. The third kappa shape index (κ3) is 3.89. The van der Waals surface area contributed by atoms with Gasteiger partial charge in [-0.25, -0.2) is 17.5 Å². The van der Waals surface area contributed by atoms with Gasteiger partial charge >= 0.3 is 0 Å². The van der Waals surface area contributed by atoms with Crippen LogP contribution in [-0.2, 0) is 10.0 Å². The smallest absolute Gasteiger partial charge is 0.241 e. The van der Waals surface area contributed by atoms with Crippen molar-refractivity contribution in [3.63, 3.8) is 0 Å². The molecular weight excluding hydrogens is 271 g/mol. The van der Waals surface area contributed by atoms with E-state index in [4.69, 9.17) is 10.8 Å². The first kappa shape index (κ1) is 15.9. The van der Waals surface area contributed by atoms with Crippen LogP contribution in [0.15, 0.2) is 17.0 Å². The molecule has 0 fully saturated rings. The third-order valence-electron chi connectivity index (χ3n) is 2.88. The van der Waals surface area contributed by atoms with Crippen molar-refractivity contribution in [2.24, 2.45) is 0 Å². The number of nitrogen functional groups attached to an aromatic ring is 1. The van der Waals surface area contributed by atoms with Gasteiger partial charge in [-0.2, -0.15) is 0 Å². The summed E-state index contributed by atoms with van der Waals surface area (Å²) in [6.45, 7) is 3.21. The van der Waals surface area contributed by atoms with Crippen LogP contribution >= 0.6 is 0 Å². The zero-order valence-electron chi connectivity index (χ0n) is 11.0. The van der Waals surface area contributed by atoms with E-state index in [-0.39, 0.29) is 28.8 Å². The van der Waals surface area contributed by atoms with Crippen LogP contribution in [-0.4, -0.2) is 26.2 Å². The summed E-state index contributed by atoms with van der Waals surface area (Å²) < 4.78 is 40.1. The fraction of sp³-hybridized carbons (Fsp3) is 0.500. The van der Waals surface area contributed by atoms with Crippen LogP contribution in [0.5, 0.6) is 0 Å². The van der Waals surface area contributed by atoms with Crippen LogP contribution in [0.25, 0.3) is 0 Å². The van der Waals surface area contributed by atoms with Gasteiger partial charge in [0.2, 0.25) is 10.0 Å². The number of nitrogens with two attached hydrogens (primary N) is 1. The summed E-state index contributed by atoms with van der Waals surface area (Å²) in [5.74, 6) is -0.640. The molecule has 0 spiro atoms. The maximum absolute atomic E-state index is 13.2. The molecule has 0 aromatic heterocycles. The summed E-state index contributed by atoms with van der Waals surface area (Å²) in [5.41, 5.74) is 5.48. The molecule has 4 N–H and O–H groups in total. The van der Waals surface area contributed by atoms with E-state index in [2.05, 4.69) is 4.72 Å². The Morgan fingerprint density at radius 1 is 1.47 bits per heavy atom. The van der Waals surface area contributed by atoms with Crippen molar-refractivity contribution in [1.82, 2.24) is 4.72 Å². The van der Waals surface area contributed by atoms with Crippen molar-refractivity contribution in [2.45, 2.75) is 37.6 Å². The SMILES string of the molecule is CCC(CCO)NS(=O)(=O)c1cc(N)c(F)cc1C. The summed E-state index contributed by atoms with van der Waals surface area (Å²) in [5, 5.41) is 8.87. The normalized spacial score (nSPS) is 13.5. The summed E-state index contributed by atoms with van der Waals surface area (Å²) >= 11 is 0. The highest BCUT2D eigenvalue weighted by Crippen LogP contribution is 2.22. The van der Waals surface area contributed by atoms with Crippen LogP contribution in [0.1, 0.15) is 25.3 Å². The van der Waals surface area contributed by atoms with E-state index in [9.17, 15) is 12.8 Å². The standard InChI is InChI=1S/C12H19FN2O3S/c1-3-9(4-5-16)15-19(17,18)12-7-11(14)10(13)6-8(12)2/h6-7,9,15-16H,3-5,14H2,1-2H3. The molecule has 5 nitrogen and oxygen atoms in total. The minimum Gasteiger partial charge on any atom is -0.396 e. The summed E-state index contributed by atoms with van der Waals surface area (Å²) in [6.07, 6.45) is 0.876. The lowest BCUT2D eigenvalue weighted by Gasteiger charge is -2.17. The number of sulfonamides is 1. The number of halogens is 1. The van der Waals surface area contributed by atoms with Crippen molar-refractivity contribution in [2.75, 3.05) is 12.3 Å². The number of rotatable bonds is 6. The topological polar surface area (TPSA) is 92.4 Å². The molecule has 19 heavy (non-hydrogen) atoms. The highest BCUT2D eigenvalue weighted by atomic mass is 32.2. The van der Waals surface area contributed by atoms with E-state index in [0.717, 1.165) is 12.1 Å². The molecule has 0 bridgehead atoms. The predicted octanol–water partition coefficient (Wildman–Crippen LogP) is 1.16. The number of aryl methyl sites for hydroxylation is 1. The van der Waals surface area contributed by atoms with Gasteiger partial charge < -0.3 is 10.8 Å². The van der Waals surface area contributed by atoms with Crippen molar-refractivity contribution in [3.8, 4) is 0 Å². The third-order valence-corrected chi connectivity index (χ3v) is 4.54. The molecule has 0 aliphatic carbocycles. The second kappa shape index (κ2) is 6.31. The van der Waals surface area contributed by atoms with Crippen LogP contribution in [0.3, 0.4) is 0 Å². The van der Waals surface area contributed by atoms with Crippen molar-refractivity contribution in [1.29, 1.82) is 0 Å². The lowest BCUT2D eigenvalue weighted by molar-refractivity contribution is 0.270. The van der Waals surface area contributed by atoms with Gasteiger partial charge in [0.05, 0.1) is 10.6 Å². The molecule has 0 amide bonds. The van der Waals surface area contributed by atoms with Gasteiger partial charge in [0, 0.05) is 12.6 Å². The van der Waals surface area contributed by atoms with Gasteiger partial charge in [-0.3, -0.25) is 0 Å². The molecule has 0 aliphatic heterocycles. The monoisotopic (exact) mass is 290 g/mol. The van der Waals surface area contributed by atoms with Crippen LogP contribution < -0.4 is 10.5 Å². The predicted molar refractivity (Wildman–Crippen MR) is 71.7 cm³/mol. The lowest BCUT2D eigenvalue weighted by Crippen LogP contribution is -2.35. The van der Waals surface area contributed by atoms with Crippen molar-refractivity contribution in [3.05, 3.63) is 23.5 Å². The van der Waals surface area contributed by atoms with E-state index >= 15 is 0 Å². The fourth-order valence-corrected chi connectivity index (χ4v) is 3.36. The van der Waals surface area contributed by atoms with Crippen LogP contribution in [0.2, 0.25) is 0 Å². The number of hydrogen-bond donors (Lipinski definition) is 3. The minimum absolute atomic E-state index is 0.0391. The number of aliphatic hydroxyl groups excluding tert-OH is 1. The largest absolute Gasteiger partial charge is 0.396 e. The van der Waals surface area contributed by atoms with E-state index in [1.54, 1.807) is 0 Å². The number of anilines is 1. The maximum atomic E-state index is 13.2. The number of hydrogen-bond acceptors (Lipinski definition) is 4. The van der Waals surface area contributed by atoms with Gasteiger partial charge in [0.25, 0.3) is 0 Å². The van der Waals surface area contributed by atoms with Gasteiger partial charge in [0.15, 0.2) is 0 Å². The highest BCUT2D eigenvalue weighted by Gasteiger charge is 2.22. The van der Waals surface area contributed by atoms with Crippen molar-refractivity contribution >= 4 is 15.7 Å². The summed E-state index contributed by atoms with van der Waals surface area (Å²) in [4.78, 5) is -0.0391. The highest BCUT2D eigenvalue weighted by molar-refractivity contribution is 7.89. The quantitative estimate of drug-likeness (QED) is 0.685. The Morgan fingerprint density at radius 3 is 2.63 bits per heavy atom. The van der Waals surface area contributed by atoms with Gasteiger partial charge in [-0.15, -0.1) is 0 Å².